The molecule has 0 aliphatic rings. The maximum Gasteiger partial charge on any atom is 0.440 e. The fraction of sp³-hybridized carbons (Fsp3) is 0. The van der Waals surface area contributed by atoms with Gasteiger partial charge in [0.25, 0.3) is 5.56 Å². The summed E-state index contributed by atoms with van der Waals surface area (Å²) in [7, 11) is -5.06. The molecule has 2 aromatic heterocycles. The Kier molecular flexibility index (Phi) is 2.02. The lowest BCUT2D eigenvalue weighted by atomic mass is 10.5. The number of imidazole rings is 1. The first-order chi connectivity index (χ1) is 7.30. The third-order valence-electron chi connectivity index (χ3n) is 1.82. The average molecular weight is 248 g/mol. The Balaban J connectivity index is 3.09. The summed E-state index contributed by atoms with van der Waals surface area (Å²) in [5.41, 5.74) is -3.98. The van der Waals surface area contributed by atoms with Crippen LogP contribution in [0.15, 0.2) is 14.4 Å². The van der Waals surface area contributed by atoms with E-state index in [-0.39, 0.29) is 9.98 Å². The minimum Gasteiger partial charge on any atom is -0.308 e. The lowest BCUT2D eigenvalue weighted by molar-refractivity contribution is 0.357. The molecule has 86 valence electrons. The summed E-state index contributed by atoms with van der Waals surface area (Å²) < 4.78 is 10.6. The van der Waals surface area contributed by atoms with Crippen LogP contribution < -0.4 is 16.9 Å². The van der Waals surface area contributed by atoms with Gasteiger partial charge in [-0.3, -0.25) is 19.7 Å². The molecule has 11 heteroatoms. The van der Waals surface area contributed by atoms with Crippen molar-refractivity contribution >= 4 is 18.9 Å². The number of aromatic amines is 3. The van der Waals surface area contributed by atoms with Gasteiger partial charge in [0.2, 0.25) is 0 Å². The summed E-state index contributed by atoms with van der Waals surface area (Å²) >= 11 is 0. The monoisotopic (exact) mass is 248 g/mol. The van der Waals surface area contributed by atoms with Crippen molar-refractivity contribution in [2.24, 2.45) is 0 Å². The molecule has 2 rings (SSSR count). The van der Waals surface area contributed by atoms with Crippen molar-refractivity contribution in [1.29, 1.82) is 0 Å². The lowest BCUT2D eigenvalue weighted by Crippen LogP contribution is -2.33. The van der Waals surface area contributed by atoms with Gasteiger partial charge in [-0.2, -0.15) is 4.34 Å². The van der Waals surface area contributed by atoms with E-state index in [1.54, 1.807) is 0 Å². The molecule has 10 nitrogen and oxygen atoms in total. The number of rotatable bonds is 1. The quantitative estimate of drug-likeness (QED) is 0.355. The molecule has 2 heterocycles. The second-order valence-corrected chi connectivity index (χ2v) is 4.32. The van der Waals surface area contributed by atoms with Crippen LogP contribution >= 0.6 is 7.75 Å². The van der Waals surface area contributed by atoms with E-state index < -0.39 is 30.2 Å². The summed E-state index contributed by atoms with van der Waals surface area (Å²) in [6.07, 6.45) is 0. The molecule has 0 aliphatic carbocycles. The van der Waals surface area contributed by atoms with E-state index in [0.717, 1.165) is 0 Å². The average Bonchev–Trinajstić information content (AvgIpc) is 2.43. The van der Waals surface area contributed by atoms with Gasteiger partial charge < -0.3 is 9.79 Å². The van der Waals surface area contributed by atoms with E-state index >= 15 is 0 Å². The van der Waals surface area contributed by atoms with Crippen molar-refractivity contribution in [3.05, 3.63) is 31.3 Å². The van der Waals surface area contributed by atoms with Crippen molar-refractivity contribution in [1.82, 2.24) is 19.3 Å². The van der Waals surface area contributed by atoms with E-state index in [2.05, 4.69) is 4.98 Å². The van der Waals surface area contributed by atoms with Crippen LogP contribution in [0.25, 0.3) is 11.2 Å². The summed E-state index contributed by atoms with van der Waals surface area (Å²) in [5, 5.41) is 0. The molecule has 0 fully saturated rings. The molecule has 0 bridgehead atoms. The zero-order valence-electron chi connectivity index (χ0n) is 7.42. The number of fused-ring (bicyclic) bond motifs is 1. The van der Waals surface area contributed by atoms with E-state index in [9.17, 15) is 18.9 Å². The highest BCUT2D eigenvalue weighted by molar-refractivity contribution is 7.50. The number of nitrogens with one attached hydrogen (secondary N) is 3. The van der Waals surface area contributed by atoms with Crippen LogP contribution in [0.1, 0.15) is 0 Å². The van der Waals surface area contributed by atoms with E-state index in [1.165, 1.54) is 0 Å². The van der Waals surface area contributed by atoms with Crippen LogP contribution in [0.2, 0.25) is 0 Å². The first-order valence-electron chi connectivity index (χ1n) is 3.84. The first-order valence-corrected chi connectivity index (χ1v) is 5.41. The van der Waals surface area contributed by atoms with Crippen molar-refractivity contribution in [2.45, 2.75) is 0 Å². The standard InChI is InChI=1S/C5H5N4O6P/c10-3-1-2(7-4(11)6-1)8-5(12)9(3)16(13,14)15/h(H,8,12)(H2,6,7,11)(H2,13,14,15). The zero-order valence-corrected chi connectivity index (χ0v) is 8.32. The van der Waals surface area contributed by atoms with Crippen molar-refractivity contribution in [2.75, 3.05) is 0 Å². The molecule has 0 aliphatic heterocycles. The first kappa shape index (κ1) is 10.6. The second kappa shape index (κ2) is 3.04. The Morgan fingerprint density at radius 3 is 2.25 bits per heavy atom. The summed E-state index contributed by atoms with van der Waals surface area (Å²) in [6.45, 7) is 0. The summed E-state index contributed by atoms with van der Waals surface area (Å²) in [4.78, 5) is 57.1. The topological polar surface area (TPSA) is 161 Å². The van der Waals surface area contributed by atoms with Gasteiger partial charge in [-0.25, -0.2) is 14.2 Å². The third kappa shape index (κ3) is 1.45. The highest BCUT2D eigenvalue weighted by atomic mass is 31.2. The van der Waals surface area contributed by atoms with E-state index in [1.807, 2.05) is 9.97 Å². The van der Waals surface area contributed by atoms with Crippen LogP contribution in [0.5, 0.6) is 0 Å². The minimum absolute atomic E-state index is 0.218. The predicted octanol–water partition coefficient (Wildman–Crippen LogP) is -2.35. The predicted molar refractivity (Wildman–Crippen MR) is 51.2 cm³/mol. The maximum absolute atomic E-state index is 11.5. The van der Waals surface area contributed by atoms with E-state index in [0.29, 0.717) is 0 Å². The van der Waals surface area contributed by atoms with Gasteiger partial charge in [0, 0.05) is 0 Å². The number of hydrogen-bond acceptors (Lipinski definition) is 4. The van der Waals surface area contributed by atoms with Gasteiger partial charge in [-0.15, -0.1) is 0 Å². The Hall–Kier alpha value is -1.90. The van der Waals surface area contributed by atoms with Gasteiger partial charge in [0.15, 0.2) is 5.52 Å². The highest BCUT2D eigenvalue weighted by Gasteiger charge is 2.24. The Bertz CT molecular complexity index is 771. The van der Waals surface area contributed by atoms with E-state index in [4.69, 9.17) is 9.79 Å². The summed E-state index contributed by atoms with van der Waals surface area (Å²) in [5.74, 6) is 0. The fourth-order valence-electron chi connectivity index (χ4n) is 1.23. The van der Waals surface area contributed by atoms with Crippen molar-refractivity contribution < 1.29 is 14.4 Å². The molecule has 0 saturated carbocycles. The van der Waals surface area contributed by atoms with Crippen molar-refractivity contribution in [3.63, 3.8) is 0 Å². The maximum atomic E-state index is 11.5. The molecule has 0 atom stereocenters. The molecule has 0 unspecified atom stereocenters. The molecule has 0 amide bonds. The smallest absolute Gasteiger partial charge is 0.308 e. The third-order valence-corrected chi connectivity index (χ3v) is 2.70. The summed E-state index contributed by atoms with van der Waals surface area (Å²) in [6, 6.07) is 0. The van der Waals surface area contributed by atoms with Crippen LogP contribution in [0, 0.1) is 0 Å². The molecule has 2 aromatic rings. The largest absolute Gasteiger partial charge is 0.440 e. The molecule has 0 spiro atoms. The lowest BCUT2D eigenvalue weighted by Gasteiger charge is -2.04. The molecular weight excluding hydrogens is 243 g/mol. The van der Waals surface area contributed by atoms with Crippen LogP contribution in [-0.2, 0) is 4.57 Å². The normalized spacial score (nSPS) is 12.1. The van der Waals surface area contributed by atoms with Crippen LogP contribution in [0.3, 0.4) is 0 Å². The van der Waals surface area contributed by atoms with Crippen molar-refractivity contribution in [3.8, 4) is 0 Å². The molecule has 5 N–H and O–H groups in total. The van der Waals surface area contributed by atoms with Gasteiger partial charge >= 0.3 is 19.1 Å². The number of hydrogen-bond donors (Lipinski definition) is 5. The fourth-order valence-corrected chi connectivity index (χ4v) is 1.86. The number of H-pyrrole nitrogens is 3. The molecule has 0 radical (unpaired) electrons. The minimum atomic E-state index is -5.06. The van der Waals surface area contributed by atoms with Crippen LogP contribution in [0.4, 0.5) is 0 Å². The Labute approximate surface area is 84.8 Å². The molecule has 16 heavy (non-hydrogen) atoms. The number of nitrogens with zero attached hydrogens (tertiary/aromatic N) is 1. The highest BCUT2D eigenvalue weighted by Crippen LogP contribution is 2.32. The second-order valence-electron chi connectivity index (χ2n) is 2.89. The van der Waals surface area contributed by atoms with Crippen LogP contribution in [-0.4, -0.2) is 29.1 Å². The number of aromatic nitrogens is 4. The Morgan fingerprint density at radius 1 is 1.06 bits per heavy atom. The van der Waals surface area contributed by atoms with Gasteiger partial charge in [0.1, 0.15) is 5.65 Å². The SMILES string of the molecule is O=c1[nH]c2[nH]c(=O)n(P(=O)(O)O)c(=O)c2[nH]1. The molecule has 0 aromatic carbocycles. The zero-order chi connectivity index (χ0) is 12.1. The Morgan fingerprint density at radius 2 is 1.69 bits per heavy atom. The molecule has 0 saturated heterocycles. The molecular formula is C5H5N4O6P. The van der Waals surface area contributed by atoms with Gasteiger partial charge in [0.05, 0.1) is 0 Å². The van der Waals surface area contributed by atoms with Gasteiger partial charge in [-0.1, -0.05) is 0 Å². The van der Waals surface area contributed by atoms with Gasteiger partial charge in [-0.05, 0) is 0 Å².